The lowest BCUT2D eigenvalue weighted by molar-refractivity contribution is 0.359. The summed E-state index contributed by atoms with van der Waals surface area (Å²) < 4.78 is 29.6. The summed E-state index contributed by atoms with van der Waals surface area (Å²) in [6.07, 6.45) is 2.88. The second-order valence-electron chi connectivity index (χ2n) is 5.01. The summed E-state index contributed by atoms with van der Waals surface area (Å²) in [6.45, 7) is 6.19. The predicted molar refractivity (Wildman–Crippen MR) is 76.7 cm³/mol. The van der Waals surface area contributed by atoms with Crippen LogP contribution >= 0.6 is 10.7 Å². The van der Waals surface area contributed by atoms with Crippen molar-refractivity contribution >= 4 is 19.7 Å². The second-order valence-corrected chi connectivity index (χ2v) is 7.53. The molecule has 0 radical (unpaired) electrons. The molecule has 0 unspecified atom stereocenters. The minimum absolute atomic E-state index is 0.142. The lowest BCUT2D eigenvalue weighted by Crippen LogP contribution is -2.05. The van der Waals surface area contributed by atoms with E-state index in [4.69, 9.17) is 15.2 Å². The Hall–Kier alpha value is -1.41. The molecule has 2 aromatic heterocycles. The Kier molecular flexibility index (Phi) is 4.67. The molecule has 0 amide bonds. The van der Waals surface area contributed by atoms with E-state index in [0.29, 0.717) is 30.5 Å². The number of hydrogen-bond acceptors (Lipinski definition) is 6. The molecule has 2 aromatic rings. The lowest BCUT2D eigenvalue weighted by Gasteiger charge is -2.02. The topological polar surface area (TPSA) is 90.9 Å². The number of aryl methyl sites for hydroxylation is 1. The van der Waals surface area contributed by atoms with E-state index >= 15 is 0 Å². The third-order valence-electron chi connectivity index (χ3n) is 2.85. The van der Waals surface area contributed by atoms with E-state index in [1.165, 1.54) is 6.20 Å². The Morgan fingerprint density at radius 2 is 2.10 bits per heavy atom. The zero-order valence-corrected chi connectivity index (χ0v) is 13.6. The molecule has 0 spiro atoms. The molecule has 0 aromatic carbocycles. The van der Waals surface area contributed by atoms with Gasteiger partial charge in [-0.1, -0.05) is 25.9 Å². The van der Waals surface area contributed by atoms with E-state index in [1.54, 1.807) is 4.57 Å². The van der Waals surface area contributed by atoms with Crippen LogP contribution in [-0.2, 0) is 22.0 Å². The van der Waals surface area contributed by atoms with Crippen LogP contribution < -0.4 is 0 Å². The largest absolute Gasteiger partial charge is 0.339 e. The molecule has 0 fully saturated rings. The highest BCUT2D eigenvalue weighted by Gasteiger charge is 2.19. The fourth-order valence-corrected chi connectivity index (χ4v) is 2.51. The molecule has 0 saturated heterocycles. The summed E-state index contributed by atoms with van der Waals surface area (Å²) in [5, 5.41) is 3.74. The monoisotopic (exact) mass is 332 g/mol. The van der Waals surface area contributed by atoms with Crippen LogP contribution in [0, 0.1) is 0 Å². The summed E-state index contributed by atoms with van der Waals surface area (Å²) in [6, 6.07) is 0. The van der Waals surface area contributed by atoms with E-state index < -0.39 is 9.05 Å². The summed E-state index contributed by atoms with van der Waals surface area (Å²) >= 11 is 0. The van der Waals surface area contributed by atoms with Gasteiger partial charge < -0.3 is 9.09 Å². The number of nitrogens with zero attached hydrogens (tertiary/aromatic N) is 4. The Morgan fingerprint density at radius 1 is 1.38 bits per heavy atom. The van der Waals surface area contributed by atoms with Crippen LogP contribution in [0.2, 0.25) is 0 Å². The number of rotatable bonds is 6. The van der Waals surface area contributed by atoms with Gasteiger partial charge in [-0.05, 0) is 6.42 Å². The zero-order chi connectivity index (χ0) is 15.6. The minimum Gasteiger partial charge on any atom is -0.339 e. The Morgan fingerprint density at radius 3 is 2.62 bits per heavy atom. The van der Waals surface area contributed by atoms with Crippen molar-refractivity contribution in [1.29, 1.82) is 0 Å². The molecule has 0 saturated carbocycles. The molecule has 0 atom stereocenters. The first-order valence-electron chi connectivity index (χ1n) is 6.64. The highest BCUT2D eigenvalue weighted by Crippen LogP contribution is 2.17. The molecule has 0 aliphatic heterocycles. The van der Waals surface area contributed by atoms with Gasteiger partial charge in [0.05, 0.1) is 6.54 Å². The maximum atomic E-state index is 11.4. The second kappa shape index (κ2) is 6.15. The van der Waals surface area contributed by atoms with Crippen molar-refractivity contribution in [2.75, 3.05) is 0 Å². The van der Waals surface area contributed by atoms with Gasteiger partial charge in [-0.3, -0.25) is 0 Å². The number of aromatic nitrogens is 4. The maximum Gasteiger partial charge on any atom is 0.280 e. The fraction of sp³-hybridized carbons (Fsp3) is 0.583. The standard InChI is InChI=1S/C12H17ClN4O3S/c1-4-5-10-15-11(21(13,18)19)7-17(10)6-9-14-12(8(2)3)20-16-9/h7-8H,4-6H2,1-3H3. The Bertz CT molecular complexity index is 721. The van der Waals surface area contributed by atoms with Crippen LogP contribution in [0.3, 0.4) is 0 Å². The molecule has 21 heavy (non-hydrogen) atoms. The van der Waals surface area contributed by atoms with Crippen LogP contribution in [0.25, 0.3) is 0 Å². The molecule has 2 rings (SSSR count). The van der Waals surface area contributed by atoms with Crippen molar-refractivity contribution in [3.8, 4) is 0 Å². The molecule has 7 nitrogen and oxygen atoms in total. The lowest BCUT2D eigenvalue weighted by atomic mass is 10.2. The van der Waals surface area contributed by atoms with Crippen LogP contribution in [-0.4, -0.2) is 28.1 Å². The average molecular weight is 333 g/mol. The van der Waals surface area contributed by atoms with Gasteiger partial charge in [0.15, 0.2) is 10.9 Å². The third-order valence-corrected chi connectivity index (χ3v) is 4.02. The third kappa shape index (κ3) is 3.82. The van der Waals surface area contributed by atoms with E-state index in [9.17, 15) is 8.42 Å². The fourth-order valence-electron chi connectivity index (χ4n) is 1.82. The van der Waals surface area contributed by atoms with Crippen LogP contribution in [0.1, 0.15) is 50.6 Å². The van der Waals surface area contributed by atoms with Gasteiger partial charge in [0.25, 0.3) is 9.05 Å². The maximum absolute atomic E-state index is 11.4. The van der Waals surface area contributed by atoms with E-state index in [0.717, 1.165) is 6.42 Å². The van der Waals surface area contributed by atoms with Crippen molar-refractivity contribution in [3.63, 3.8) is 0 Å². The van der Waals surface area contributed by atoms with E-state index in [1.807, 2.05) is 20.8 Å². The number of hydrogen-bond donors (Lipinski definition) is 0. The van der Waals surface area contributed by atoms with Crippen molar-refractivity contribution in [2.24, 2.45) is 0 Å². The van der Waals surface area contributed by atoms with Crippen LogP contribution in [0.5, 0.6) is 0 Å². The Labute approximate surface area is 127 Å². The van der Waals surface area contributed by atoms with Gasteiger partial charge in [0.1, 0.15) is 5.82 Å². The SMILES string of the molecule is CCCc1nc(S(=O)(=O)Cl)cn1Cc1noc(C(C)C)n1. The summed E-state index contributed by atoms with van der Waals surface area (Å²) in [4.78, 5) is 8.34. The predicted octanol–water partition coefficient (Wildman–Crippen LogP) is 2.32. The summed E-state index contributed by atoms with van der Waals surface area (Å²) in [5.41, 5.74) is 0. The van der Waals surface area contributed by atoms with Crippen molar-refractivity contribution in [1.82, 2.24) is 19.7 Å². The van der Waals surface area contributed by atoms with Crippen LogP contribution in [0.4, 0.5) is 0 Å². The zero-order valence-electron chi connectivity index (χ0n) is 12.1. The molecule has 0 bridgehead atoms. The average Bonchev–Trinajstić information content (AvgIpc) is 2.97. The summed E-state index contributed by atoms with van der Waals surface area (Å²) in [7, 11) is 1.49. The van der Waals surface area contributed by atoms with Crippen LogP contribution in [0.15, 0.2) is 15.7 Å². The Balaban J connectivity index is 2.31. The molecular formula is C12H17ClN4O3S. The van der Waals surface area contributed by atoms with Crippen molar-refractivity contribution in [2.45, 2.75) is 51.1 Å². The highest BCUT2D eigenvalue weighted by atomic mass is 35.7. The van der Waals surface area contributed by atoms with Gasteiger partial charge in [-0.15, -0.1) is 0 Å². The molecule has 0 aliphatic carbocycles. The summed E-state index contributed by atoms with van der Waals surface area (Å²) in [5.74, 6) is 1.80. The minimum atomic E-state index is -3.85. The van der Waals surface area contributed by atoms with Gasteiger partial charge >= 0.3 is 0 Å². The van der Waals surface area contributed by atoms with Gasteiger partial charge in [0.2, 0.25) is 5.89 Å². The molecule has 9 heteroatoms. The van der Waals surface area contributed by atoms with E-state index in [2.05, 4.69) is 15.1 Å². The number of imidazole rings is 1. The van der Waals surface area contributed by atoms with Gasteiger partial charge in [-0.25, -0.2) is 13.4 Å². The van der Waals surface area contributed by atoms with Crippen molar-refractivity contribution in [3.05, 3.63) is 23.7 Å². The molecule has 116 valence electrons. The molecule has 0 aliphatic rings. The van der Waals surface area contributed by atoms with Gasteiger partial charge in [-0.2, -0.15) is 4.98 Å². The molecule has 0 N–H and O–H groups in total. The molecule has 2 heterocycles. The van der Waals surface area contributed by atoms with Crippen molar-refractivity contribution < 1.29 is 12.9 Å². The first kappa shape index (κ1) is 16.0. The van der Waals surface area contributed by atoms with Gasteiger partial charge in [0, 0.05) is 29.2 Å². The first-order chi connectivity index (χ1) is 9.81. The normalized spacial score (nSPS) is 12.2. The number of halogens is 1. The quantitative estimate of drug-likeness (QED) is 0.754. The van der Waals surface area contributed by atoms with E-state index in [-0.39, 0.29) is 10.9 Å². The molecular weight excluding hydrogens is 316 g/mol. The highest BCUT2D eigenvalue weighted by molar-refractivity contribution is 8.13. The first-order valence-corrected chi connectivity index (χ1v) is 8.95. The smallest absolute Gasteiger partial charge is 0.280 e.